The second-order valence-electron chi connectivity index (χ2n) is 5.92. The number of fused-ring (bicyclic) bond motifs is 2. The molecule has 3 unspecified atom stereocenters. The van der Waals surface area contributed by atoms with Crippen molar-refractivity contribution >= 4 is 5.78 Å². The standard InChI is InChI=1S/C13H20O/c1-13(2,3)12(14)8-11-7-9-4-5-10(11)6-9/h4-5,9-11H,6-8H2,1-3H3. The van der Waals surface area contributed by atoms with Crippen molar-refractivity contribution in [2.75, 3.05) is 0 Å². The van der Waals surface area contributed by atoms with Crippen molar-refractivity contribution in [3.63, 3.8) is 0 Å². The van der Waals surface area contributed by atoms with Crippen molar-refractivity contribution in [3.8, 4) is 0 Å². The Morgan fingerprint density at radius 1 is 1.29 bits per heavy atom. The summed E-state index contributed by atoms with van der Waals surface area (Å²) in [4.78, 5) is 11.9. The van der Waals surface area contributed by atoms with Crippen LogP contribution in [0.3, 0.4) is 0 Å². The lowest BCUT2D eigenvalue weighted by Gasteiger charge is -2.22. The van der Waals surface area contributed by atoms with Gasteiger partial charge in [-0.1, -0.05) is 32.9 Å². The minimum Gasteiger partial charge on any atom is -0.299 e. The molecule has 1 nitrogen and oxygen atoms in total. The second kappa shape index (κ2) is 3.22. The third-order valence-electron chi connectivity index (χ3n) is 3.70. The maximum Gasteiger partial charge on any atom is 0.138 e. The zero-order chi connectivity index (χ0) is 10.3. The van der Waals surface area contributed by atoms with E-state index in [1.165, 1.54) is 12.8 Å². The Labute approximate surface area is 86.6 Å². The molecular weight excluding hydrogens is 172 g/mol. The lowest BCUT2D eigenvalue weighted by molar-refractivity contribution is -0.127. The van der Waals surface area contributed by atoms with Gasteiger partial charge in [-0.15, -0.1) is 0 Å². The predicted molar refractivity (Wildman–Crippen MR) is 57.9 cm³/mol. The first-order valence-corrected chi connectivity index (χ1v) is 5.68. The predicted octanol–water partition coefficient (Wildman–Crippen LogP) is 3.20. The number of rotatable bonds is 2. The van der Waals surface area contributed by atoms with Gasteiger partial charge >= 0.3 is 0 Å². The molecule has 0 heterocycles. The highest BCUT2D eigenvalue weighted by Crippen LogP contribution is 2.45. The van der Waals surface area contributed by atoms with Crippen LogP contribution in [-0.4, -0.2) is 5.78 Å². The molecule has 1 saturated carbocycles. The van der Waals surface area contributed by atoms with E-state index in [0.29, 0.717) is 17.6 Å². The van der Waals surface area contributed by atoms with E-state index in [9.17, 15) is 4.79 Å². The van der Waals surface area contributed by atoms with E-state index in [2.05, 4.69) is 12.2 Å². The fourth-order valence-corrected chi connectivity index (χ4v) is 2.67. The Bertz CT molecular complexity index is 269. The van der Waals surface area contributed by atoms with Gasteiger partial charge in [-0.25, -0.2) is 0 Å². The summed E-state index contributed by atoms with van der Waals surface area (Å²) in [5.41, 5.74) is -0.147. The maximum absolute atomic E-state index is 11.9. The van der Waals surface area contributed by atoms with E-state index < -0.39 is 0 Å². The van der Waals surface area contributed by atoms with Crippen LogP contribution in [0.5, 0.6) is 0 Å². The van der Waals surface area contributed by atoms with Crippen molar-refractivity contribution in [2.24, 2.45) is 23.2 Å². The van der Waals surface area contributed by atoms with E-state index in [1.54, 1.807) is 0 Å². The van der Waals surface area contributed by atoms with Crippen LogP contribution < -0.4 is 0 Å². The SMILES string of the molecule is CC(C)(C)C(=O)CC1CC2C=CC1C2. The molecule has 78 valence electrons. The number of carbonyl (C=O) groups is 1. The number of Topliss-reactive ketones (excluding diaryl/α,β-unsaturated/α-hetero) is 1. The highest BCUT2D eigenvalue weighted by molar-refractivity contribution is 5.83. The van der Waals surface area contributed by atoms with Gasteiger partial charge in [-0.2, -0.15) is 0 Å². The van der Waals surface area contributed by atoms with Crippen molar-refractivity contribution in [1.82, 2.24) is 0 Å². The molecule has 3 atom stereocenters. The van der Waals surface area contributed by atoms with Gasteiger partial charge in [0.15, 0.2) is 0 Å². The lowest BCUT2D eigenvalue weighted by Crippen LogP contribution is -2.24. The number of allylic oxidation sites excluding steroid dienone is 2. The number of hydrogen-bond acceptors (Lipinski definition) is 1. The zero-order valence-electron chi connectivity index (χ0n) is 9.42. The Morgan fingerprint density at radius 3 is 2.43 bits per heavy atom. The normalized spacial score (nSPS) is 35.2. The second-order valence-corrected chi connectivity index (χ2v) is 5.92. The quantitative estimate of drug-likeness (QED) is 0.614. The van der Waals surface area contributed by atoms with Crippen LogP contribution in [0.4, 0.5) is 0 Å². The number of ketones is 1. The molecule has 1 heteroatoms. The van der Waals surface area contributed by atoms with Gasteiger partial charge in [0.2, 0.25) is 0 Å². The van der Waals surface area contributed by atoms with E-state index >= 15 is 0 Å². The monoisotopic (exact) mass is 192 g/mol. The molecule has 0 N–H and O–H groups in total. The van der Waals surface area contributed by atoms with Crippen molar-refractivity contribution < 1.29 is 4.79 Å². The smallest absolute Gasteiger partial charge is 0.138 e. The Balaban J connectivity index is 1.94. The summed E-state index contributed by atoms with van der Waals surface area (Å²) in [6.45, 7) is 6.08. The summed E-state index contributed by atoms with van der Waals surface area (Å²) < 4.78 is 0. The van der Waals surface area contributed by atoms with E-state index in [0.717, 1.165) is 12.3 Å². The fraction of sp³-hybridized carbons (Fsp3) is 0.769. The molecule has 0 amide bonds. The van der Waals surface area contributed by atoms with Crippen LogP contribution in [0.25, 0.3) is 0 Å². The average molecular weight is 192 g/mol. The van der Waals surface area contributed by atoms with E-state index in [1.807, 2.05) is 20.8 Å². The summed E-state index contributed by atoms with van der Waals surface area (Å²) in [5.74, 6) is 2.59. The Morgan fingerprint density at radius 2 is 2.00 bits per heavy atom. The van der Waals surface area contributed by atoms with E-state index in [4.69, 9.17) is 0 Å². The van der Waals surface area contributed by atoms with Gasteiger partial charge in [0, 0.05) is 11.8 Å². The van der Waals surface area contributed by atoms with Gasteiger partial charge in [0.25, 0.3) is 0 Å². The molecule has 2 aliphatic carbocycles. The zero-order valence-corrected chi connectivity index (χ0v) is 9.42. The van der Waals surface area contributed by atoms with Crippen LogP contribution in [0, 0.1) is 23.2 Å². The highest BCUT2D eigenvalue weighted by atomic mass is 16.1. The minimum atomic E-state index is -0.147. The van der Waals surface area contributed by atoms with Gasteiger partial charge < -0.3 is 0 Å². The first kappa shape index (κ1) is 9.95. The van der Waals surface area contributed by atoms with Gasteiger partial charge in [-0.3, -0.25) is 4.79 Å². The summed E-state index contributed by atoms with van der Waals surface area (Å²) >= 11 is 0. The molecular formula is C13H20O. The van der Waals surface area contributed by atoms with E-state index in [-0.39, 0.29) is 5.41 Å². The van der Waals surface area contributed by atoms with Crippen LogP contribution in [-0.2, 0) is 4.79 Å². The number of carbonyl (C=O) groups excluding carboxylic acids is 1. The highest BCUT2D eigenvalue weighted by Gasteiger charge is 2.37. The van der Waals surface area contributed by atoms with Gasteiger partial charge in [0.1, 0.15) is 5.78 Å². The largest absolute Gasteiger partial charge is 0.299 e. The molecule has 2 aliphatic rings. The Kier molecular flexibility index (Phi) is 2.29. The lowest BCUT2D eigenvalue weighted by atomic mass is 9.81. The van der Waals surface area contributed by atoms with Crippen LogP contribution in [0.15, 0.2) is 12.2 Å². The molecule has 0 saturated heterocycles. The molecule has 14 heavy (non-hydrogen) atoms. The van der Waals surface area contributed by atoms with Crippen LogP contribution in [0.1, 0.15) is 40.0 Å². The van der Waals surface area contributed by atoms with Crippen LogP contribution in [0.2, 0.25) is 0 Å². The van der Waals surface area contributed by atoms with Gasteiger partial charge in [-0.05, 0) is 30.6 Å². The third kappa shape index (κ3) is 1.77. The molecule has 0 spiro atoms. The summed E-state index contributed by atoms with van der Waals surface area (Å²) in [5, 5.41) is 0. The van der Waals surface area contributed by atoms with Crippen molar-refractivity contribution in [3.05, 3.63) is 12.2 Å². The average Bonchev–Trinajstić information content (AvgIpc) is 2.62. The van der Waals surface area contributed by atoms with Crippen LogP contribution >= 0.6 is 0 Å². The molecule has 2 bridgehead atoms. The maximum atomic E-state index is 11.9. The first-order chi connectivity index (χ1) is 6.47. The molecule has 0 aromatic heterocycles. The molecule has 0 aliphatic heterocycles. The summed E-state index contributed by atoms with van der Waals surface area (Å²) in [6.07, 6.45) is 8.03. The summed E-state index contributed by atoms with van der Waals surface area (Å²) in [7, 11) is 0. The minimum absolute atomic E-state index is 0.147. The Hall–Kier alpha value is -0.590. The molecule has 0 aromatic carbocycles. The van der Waals surface area contributed by atoms with Gasteiger partial charge in [0.05, 0.1) is 0 Å². The first-order valence-electron chi connectivity index (χ1n) is 5.68. The molecule has 1 fully saturated rings. The van der Waals surface area contributed by atoms with Crippen molar-refractivity contribution in [1.29, 1.82) is 0 Å². The summed E-state index contributed by atoms with van der Waals surface area (Å²) in [6, 6.07) is 0. The fourth-order valence-electron chi connectivity index (χ4n) is 2.67. The third-order valence-corrected chi connectivity index (χ3v) is 3.70. The molecule has 0 radical (unpaired) electrons. The molecule has 0 aromatic rings. The topological polar surface area (TPSA) is 17.1 Å². The number of hydrogen-bond donors (Lipinski definition) is 0. The van der Waals surface area contributed by atoms with Crippen molar-refractivity contribution in [2.45, 2.75) is 40.0 Å². The molecule has 2 rings (SSSR count).